The lowest BCUT2D eigenvalue weighted by molar-refractivity contribution is 0.199. The topological polar surface area (TPSA) is 26.7 Å². The van der Waals surface area contributed by atoms with Crippen LogP contribution < -0.4 is 4.90 Å². The molecule has 18 heavy (non-hydrogen) atoms. The fraction of sp³-hybridized carbons (Fsp3) is 0.571. The number of aliphatic hydroxyl groups is 1. The number of likely N-dealkylation sites (N-methyl/N-ethyl adjacent to an activating group) is 1. The average Bonchev–Trinajstić information content (AvgIpc) is 2.38. The van der Waals surface area contributed by atoms with E-state index in [1.54, 1.807) is 0 Å². The minimum absolute atomic E-state index is 0.0961. The zero-order valence-corrected chi connectivity index (χ0v) is 12.7. The second kappa shape index (κ2) is 6.04. The van der Waals surface area contributed by atoms with Gasteiger partial charge in [0.1, 0.15) is 0 Å². The van der Waals surface area contributed by atoms with E-state index in [1.807, 2.05) is 12.1 Å². The summed E-state index contributed by atoms with van der Waals surface area (Å²) >= 11 is 3.61. The van der Waals surface area contributed by atoms with Gasteiger partial charge in [-0.3, -0.25) is 4.90 Å². The molecule has 0 bridgehead atoms. The Morgan fingerprint density at radius 1 is 1.39 bits per heavy atom. The second-order valence-corrected chi connectivity index (χ2v) is 5.72. The number of piperazine rings is 1. The monoisotopic (exact) mass is 312 g/mol. The standard InChI is InChI=1S/C14H21BrN2O/c1-3-16-6-7-17(9-11(16)2)14-5-4-12(10-18)8-13(14)15/h4-5,8,11,18H,3,6-7,9-10H2,1-2H3. The maximum Gasteiger partial charge on any atom is 0.0682 e. The van der Waals surface area contributed by atoms with Crippen molar-refractivity contribution in [2.75, 3.05) is 31.1 Å². The molecule has 1 fully saturated rings. The largest absolute Gasteiger partial charge is 0.392 e. The molecule has 4 heteroatoms. The van der Waals surface area contributed by atoms with E-state index in [9.17, 15) is 0 Å². The zero-order valence-electron chi connectivity index (χ0n) is 11.1. The van der Waals surface area contributed by atoms with Crippen molar-refractivity contribution < 1.29 is 5.11 Å². The third-order valence-corrected chi connectivity index (χ3v) is 4.34. The number of halogens is 1. The molecular weight excluding hydrogens is 292 g/mol. The van der Waals surface area contributed by atoms with Gasteiger partial charge in [0.05, 0.1) is 12.3 Å². The Labute approximate surface area is 118 Å². The van der Waals surface area contributed by atoms with E-state index in [2.05, 4.69) is 45.6 Å². The van der Waals surface area contributed by atoms with Crippen molar-refractivity contribution in [1.29, 1.82) is 0 Å². The highest BCUT2D eigenvalue weighted by molar-refractivity contribution is 9.10. The van der Waals surface area contributed by atoms with Crippen LogP contribution in [-0.4, -0.2) is 42.2 Å². The normalized spacial score (nSPS) is 21.3. The molecule has 0 amide bonds. The molecule has 1 aromatic rings. The van der Waals surface area contributed by atoms with E-state index >= 15 is 0 Å². The summed E-state index contributed by atoms with van der Waals surface area (Å²) in [4.78, 5) is 4.93. The summed E-state index contributed by atoms with van der Waals surface area (Å²) in [5.74, 6) is 0. The molecule has 1 N–H and O–H groups in total. The summed E-state index contributed by atoms with van der Waals surface area (Å²) in [6, 6.07) is 6.70. The van der Waals surface area contributed by atoms with Crippen LogP contribution in [-0.2, 0) is 6.61 Å². The number of anilines is 1. The molecular formula is C14H21BrN2O. The van der Waals surface area contributed by atoms with Crippen LogP contribution >= 0.6 is 15.9 Å². The number of benzene rings is 1. The molecule has 0 aliphatic carbocycles. The van der Waals surface area contributed by atoms with Crippen LogP contribution in [0.3, 0.4) is 0 Å². The first kappa shape index (κ1) is 13.8. The van der Waals surface area contributed by atoms with Crippen LogP contribution in [0, 0.1) is 0 Å². The smallest absolute Gasteiger partial charge is 0.0682 e. The third-order valence-electron chi connectivity index (χ3n) is 3.71. The Kier molecular flexibility index (Phi) is 4.65. The van der Waals surface area contributed by atoms with Gasteiger partial charge >= 0.3 is 0 Å². The number of hydrogen-bond acceptors (Lipinski definition) is 3. The Hall–Kier alpha value is -0.580. The molecule has 1 atom stereocenters. The van der Waals surface area contributed by atoms with Gasteiger partial charge in [-0.05, 0) is 47.1 Å². The van der Waals surface area contributed by atoms with Gasteiger partial charge in [0.2, 0.25) is 0 Å². The summed E-state index contributed by atoms with van der Waals surface area (Å²) in [5, 5.41) is 9.13. The lowest BCUT2D eigenvalue weighted by Crippen LogP contribution is -2.51. The Morgan fingerprint density at radius 2 is 2.17 bits per heavy atom. The van der Waals surface area contributed by atoms with Crippen LogP contribution in [0.15, 0.2) is 22.7 Å². The lowest BCUT2D eigenvalue weighted by atomic mass is 10.1. The van der Waals surface area contributed by atoms with Crippen LogP contribution in [0.25, 0.3) is 0 Å². The van der Waals surface area contributed by atoms with E-state index in [-0.39, 0.29) is 6.61 Å². The Balaban J connectivity index is 2.13. The average molecular weight is 313 g/mol. The van der Waals surface area contributed by atoms with Crippen LogP contribution in [0.2, 0.25) is 0 Å². The molecule has 1 unspecified atom stereocenters. The van der Waals surface area contributed by atoms with Gasteiger partial charge < -0.3 is 10.0 Å². The summed E-state index contributed by atoms with van der Waals surface area (Å²) in [6.45, 7) is 8.97. The highest BCUT2D eigenvalue weighted by atomic mass is 79.9. The van der Waals surface area contributed by atoms with Crippen molar-refractivity contribution in [1.82, 2.24) is 4.90 Å². The number of rotatable bonds is 3. The van der Waals surface area contributed by atoms with E-state index in [1.165, 1.54) is 5.69 Å². The minimum atomic E-state index is 0.0961. The van der Waals surface area contributed by atoms with E-state index in [0.717, 1.165) is 36.2 Å². The van der Waals surface area contributed by atoms with Crippen LogP contribution in [0.5, 0.6) is 0 Å². The minimum Gasteiger partial charge on any atom is -0.392 e. The molecule has 3 nitrogen and oxygen atoms in total. The SMILES string of the molecule is CCN1CCN(c2ccc(CO)cc2Br)CC1C. The molecule has 2 rings (SSSR count). The lowest BCUT2D eigenvalue weighted by Gasteiger charge is -2.40. The zero-order chi connectivity index (χ0) is 13.1. The predicted molar refractivity (Wildman–Crippen MR) is 79.0 cm³/mol. The first-order chi connectivity index (χ1) is 8.65. The quantitative estimate of drug-likeness (QED) is 0.929. The molecule has 1 aliphatic rings. The van der Waals surface area contributed by atoms with Crippen molar-refractivity contribution >= 4 is 21.6 Å². The molecule has 1 saturated heterocycles. The van der Waals surface area contributed by atoms with Crippen molar-refractivity contribution in [3.8, 4) is 0 Å². The van der Waals surface area contributed by atoms with Gasteiger partial charge in [-0.15, -0.1) is 0 Å². The summed E-state index contributed by atoms with van der Waals surface area (Å²) in [7, 11) is 0. The Bertz CT molecular complexity index is 411. The molecule has 1 aromatic carbocycles. The van der Waals surface area contributed by atoms with Crippen molar-refractivity contribution in [3.63, 3.8) is 0 Å². The predicted octanol–water partition coefficient (Wildman–Crippen LogP) is 2.47. The van der Waals surface area contributed by atoms with Gasteiger partial charge in [0, 0.05) is 30.1 Å². The molecule has 0 saturated carbocycles. The highest BCUT2D eigenvalue weighted by Crippen LogP contribution is 2.29. The summed E-state index contributed by atoms with van der Waals surface area (Å²) in [6.07, 6.45) is 0. The van der Waals surface area contributed by atoms with E-state index in [4.69, 9.17) is 5.11 Å². The fourth-order valence-corrected chi connectivity index (χ4v) is 3.27. The van der Waals surface area contributed by atoms with Gasteiger partial charge in [0.15, 0.2) is 0 Å². The molecule has 0 aromatic heterocycles. The third kappa shape index (κ3) is 2.87. The fourth-order valence-electron chi connectivity index (χ4n) is 2.59. The van der Waals surface area contributed by atoms with Gasteiger partial charge in [0.25, 0.3) is 0 Å². The van der Waals surface area contributed by atoms with E-state index < -0.39 is 0 Å². The molecule has 0 spiro atoms. The van der Waals surface area contributed by atoms with Gasteiger partial charge in [-0.1, -0.05) is 13.0 Å². The number of hydrogen-bond donors (Lipinski definition) is 1. The number of nitrogens with zero attached hydrogens (tertiary/aromatic N) is 2. The highest BCUT2D eigenvalue weighted by Gasteiger charge is 2.23. The summed E-state index contributed by atoms with van der Waals surface area (Å²) < 4.78 is 1.08. The van der Waals surface area contributed by atoms with Crippen molar-refractivity contribution in [2.24, 2.45) is 0 Å². The van der Waals surface area contributed by atoms with Gasteiger partial charge in [-0.25, -0.2) is 0 Å². The molecule has 1 heterocycles. The molecule has 100 valence electrons. The molecule has 1 aliphatic heterocycles. The number of aliphatic hydroxyl groups excluding tert-OH is 1. The maximum absolute atomic E-state index is 9.13. The first-order valence-corrected chi connectivity index (χ1v) is 7.33. The van der Waals surface area contributed by atoms with Gasteiger partial charge in [-0.2, -0.15) is 0 Å². The maximum atomic E-state index is 9.13. The van der Waals surface area contributed by atoms with E-state index in [0.29, 0.717) is 6.04 Å². The Morgan fingerprint density at radius 3 is 2.72 bits per heavy atom. The summed E-state index contributed by atoms with van der Waals surface area (Å²) in [5.41, 5.74) is 2.18. The van der Waals surface area contributed by atoms with Crippen LogP contribution in [0.1, 0.15) is 19.4 Å². The van der Waals surface area contributed by atoms with Crippen molar-refractivity contribution in [2.45, 2.75) is 26.5 Å². The second-order valence-electron chi connectivity index (χ2n) is 4.87. The molecule has 0 radical (unpaired) electrons. The first-order valence-electron chi connectivity index (χ1n) is 6.54. The van der Waals surface area contributed by atoms with Crippen LogP contribution in [0.4, 0.5) is 5.69 Å². The van der Waals surface area contributed by atoms with Crippen molar-refractivity contribution in [3.05, 3.63) is 28.2 Å².